The number of halogens is 2. The lowest BCUT2D eigenvalue weighted by Crippen LogP contribution is -2.41. The van der Waals surface area contributed by atoms with Gasteiger partial charge in [0.25, 0.3) is 0 Å². The van der Waals surface area contributed by atoms with Gasteiger partial charge in [-0.25, -0.2) is 9.37 Å². The van der Waals surface area contributed by atoms with Crippen molar-refractivity contribution in [2.45, 2.75) is 37.6 Å². The second-order valence-electron chi connectivity index (χ2n) is 11.9. The zero-order chi connectivity index (χ0) is 32.3. The van der Waals surface area contributed by atoms with Crippen molar-refractivity contribution in [2.75, 3.05) is 40.6 Å². The molecule has 0 saturated carbocycles. The third-order valence-electron chi connectivity index (χ3n) is 8.84. The van der Waals surface area contributed by atoms with Crippen LogP contribution in [0.25, 0.3) is 10.9 Å². The number of carbonyl (C=O) groups excluding carboxylic acids is 3. The molecule has 2 fully saturated rings. The van der Waals surface area contributed by atoms with Crippen LogP contribution in [0, 0.1) is 5.82 Å². The first-order valence-corrected chi connectivity index (χ1v) is 15.3. The van der Waals surface area contributed by atoms with Crippen LogP contribution in [0.2, 0.25) is 5.02 Å². The molecule has 3 N–H and O–H groups in total. The highest BCUT2D eigenvalue weighted by atomic mass is 35.5. The number of anilines is 5. The number of carbonyl (C=O) groups is 3. The first-order chi connectivity index (χ1) is 22.0. The smallest absolute Gasteiger partial charge is 0.235 e. The van der Waals surface area contributed by atoms with Crippen molar-refractivity contribution in [3.63, 3.8) is 0 Å². The van der Waals surface area contributed by atoms with Crippen molar-refractivity contribution >= 4 is 69.1 Å². The number of hydrogen-bond acceptors (Lipinski definition) is 9. The fourth-order valence-corrected chi connectivity index (χ4v) is 6.57. The molecule has 3 amide bonds. The first kappa shape index (κ1) is 29.7. The topological polar surface area (TPSA) is 137 Å². The van der Waals surface area contributed by atoms with Gasteiger partial charge in [0.05, 0.1) is 41.5 Å². The summed E-state index contributed by atoms with van der Waals surface area (Å²) in [4.78, 5) is 48.6. The Kier molecular flexibility index (Phi) is 7.35. The third kappa shape index (κ3) is 5.30. The minimum Gasteiger partial charge on any atom is -0.378 e. The number of hydrogen-bond donors (Lipinski definition) is 3. The number of amides is 3. The molecule has 0 aliphatic carbocycles. The van der Waals surface area contributed by atoms with E-state index in [9.17, 15) is 18.8 Å². The Bertz CT molecular complexity index is 1960. The number of aryl methyl sites for hydroxylation is 1. The number of fused-ring (bicyclic) bond motifs is 2. The molecule has 46 heavy (non-hydrogen) atoms. The van der Waals surface area contributed by atoms with Crippen molar-refractivity contribution < 1.29 is 18.8 Å². The molecule has 14 heteroatoms. The van der Waals surface area contributed by atoms with Crippen LogP contribution in [0.3, 0.4) is 0 Å². The summed E-state index contributed by atoms with van der Waals surface area (Å²) >= 11 is 6.41. The number of aromatic nitrogens is 4. The summed E-state index contributed by atoms with van der Waals surface area (Å²) in [6.07, 6.45) is 3.11. The predicted octanol–water partition coefficient (Wildman–Crippen LogP) is 4.19. The molecular weight excluding hydrogens is 613 g/mol. The summed E-state index contributed by atoms with van der Waals surface area (Å²) in [5.41, 5.74) is 4.72. The van der Waals surface area contributed by atoms with E-state index in [1.165, 1.54) is 17.2 Å². The van der Waals surface area contributed by atoms with Crippen LogP contribution in [-0.4, -0.2) is 63.6 Å². The van der Waals surface area contributed by atoms with Gasteiger partial charge in [0, 0.05) is 50.4 Å². The number of imide groups is 1. The van der Waals surface area contributed by atoms with Crippen molar-refractivity contribution in [3.8, 4) is 0 Å². The predicted molar refractivity (Wildman–Crippen MR) is 173 cm³/mol. The van der Waals surface area contributed by atoms with E-state index in [2.05, 4.69) is 37.6 Å². The summed E-state index contributed by atoms with van der Waals surface area (Å²) < 4.78 is 16.6. The lowest BCUT2D eigenvalue weighted by atomic mass is 9.92. The van der Waals surface area contributed by atoms with Gasteiger partial charge in [-0.15, -0.1) is 0 Å². The molecule has 0 unspecified atom stereocenters. The van der Waals surface area contributed by atoms with Gasteiger partial charge < -0.3 is 20.4 Å². The SMILES string of the molecule is C=C1CN(c2ncc(Cl)c(Nc3cc(F)c4c(c3)CC(=O)N4C)n2)CC[C@H]1Nc1ccc2c([C@@H]3CCC(=O)NC3=O)nn(C)c2c1. The maximum Gasteiger partial charge on any atom is 0.235 e. The van der Waals surface area contributed by atoms with Gasteiger partial charge in [0.1, 0.15) is 10.8 Å². The second kappa shape index (κ2) is 11.4. The quantitative estimate of drug-likeness (QED) is 0.209. The van der Waals surface area contributed by atoms with Crippen molar-refractivity contribution in [3.05, 3.63) is 70.8 Å². The van der Waals surface area contributed by atoms with Crippen molar-refractivity contribution in [1.82, 2.24) is 25.1 Å². The van der Waals surface area contributed by atoms with Crippen LogP contribution in [-0.2, 0) is 27.9 Å². The molecule has 12 nitrogen and oxygen atoms in total. The minimum atomic E-state index is -0.498. The van der Waals surface area contributed by atoms with Gasteiger partial charge in [0.15, 0.2) is 5.82 Å². The van der Waals surface area contributed by atoms with E-state index in [0.717, 1.165) is 28.6 Å². The summed E-state index contributed by atoms with van der Waals surface area (Å²) in [5.74, 6) is -0.895. The van der Waals surface area contributed by atoms with Gasteiger partial charge in [-0.05, 0) is 54.3 Å². The van der Waals surface area contributed by atoms with Crippen LogP contribution in [0.15, 0.2) is 48.7 Å². The molecule has 3 aliphatic rings. The largest absolute Gasteiger partial charge is 0.378 e. The molecule has 5 heterocycles. The number of benzene rings is 2. The zero-order valence-corrected chi connectivity index (χ0v) is 26.0. The Morgan fingerprint density at radius 2 is 1.93 bits per heavy atom. The van der Waals surface area contributed by atoms with Crippen LogP contribution in [0.5, 0.6) is 0 Å². The van der Waals surface area contributed by atoms with Gasteiger partial charge >= 0.3 is 0 Å². The molecule has 236 valence electrons. The number of likely N-dealkylation sites (N-methyl/N-ethyl adjacent to an activating group) is 1. The zero-order valence-electron chi connectivity index (χ0n) is 25.2. The number of nitrogens with one attached hydrogen (secondary N) is 3. The molecule has 0 radical (unpaired) electrons. The third-order valence-corrected chi connectivity index (χ3v) is 9.11. The number of rotatable bonds is 6. The van der Waals surface area contributed by atoms with Crippen LogP contribution in [0.4, 0.5) is 33.2 Å². The van der Waals surface area contributed by atoms with Crippen molar-refractivity contribution in [1.29, 1.82) is 0 Å². The molecular formula is C32H31ClFN9O3. The fraction of sp³-hybridized carbons (Fsp3) is 0.312. The maximum absolute atomic E-state index is 14.8. The Morgan fingerprint density at radius 1 is 1.11 bits per heavy atom. The highest BCUT2D eigenvalue weighted by Gasteiger charge is 2.32. The monoisotopic (exact) mass is 643 g/mol. The Hall–Kier alpha value is -5.04. The second-order valence-corrected chi connectivity index (χ2v) is 12.3. The fourth-order valence-electron chi connectivity index (χ4n) is 6.44. The number of nitrogens with zero attached hydrogens (tertiary/aromatic N) is 6. The van der Waals surface area contributed by atoms with E-state index in [1.54, 1.807) is 17.8 Å². The Balaban J connectivity index is 1.03. The van der Waals surface area contributed by atoms with Gasteiger partial charge in [-0.2, -0.15) is 10.1 Å². The molecule has 3 aliphatic heterocycles. The maximum atomic E-state index is 14.8. The molecule has 0 bridgehead atoms. The molecule has 4 aromatic rings. The highest BCUT2D eigenvalue weighted by Crippen LogP contribution is 2.36. The van der Waals surface area contributed by atoms with E-state index in [0.29, 0.717) is 54.6 Å². The highest BCUT2D eigenvalue weighted by molar-refractivity contribution is 6.33. The van der Waals surface area contributed by atoms with E-state index in [1.807, 2.05) is 30.1 Å². The van der Waals surface area contributed by atoms with Crippen LogP contribution >= 0.6 is 11.6 Å². The number of piperidine rings is 2. The van der Waals surface area contributed by atoms with E-state index in [-0.39, 0.29) is 40.9 Å². The molecule has 2 saturated heterocycles. The summed E-state index contributed by atoms with van der Waals surface area (Å²) in [5, 5.41) is 14.9. The molecule has 2 aromatic carbocycles. The lowest BCUT2D eigenvalue weighted by Gasteiger charge is -2.35. The summed E-state index contributed by atoms with van der Waals surface area (Å²) in [6, 6.07) is 8.99. The van der Waals surface area contributed by atoms with E-state index in [4.69, 9.17) is 11.6 Å². The average molecular weight is 644 g/mol. The molecule has 0 spiro atoms. The minimum absolute atomic E-state index is 0.00309. The van der Waals surface area contributed by atoms with Gasteiger partial charge in [0.2, 0.25) is 23.7 Å². The normalized spacial score (nSPS) is 19.9. The average Bonchev–Trinajstić information content (AvgIpc) is 3.49. The molecule has 2 atom stereocenters. The molecule has 2 aromatic heterocycles. The van der Waals surface area contributed by atoms with Gasteiger partial charge in [-0.3, -0.25) is 24.4 Å². The Morgan fingerprint density at radius 3 is 2.72 bits per heavy atom. The summed E-state index contributed by atoms with van der Waals surface area (Å²) in [7, 11) is 3.40. The van der Waals surface area contributed by atoms with Crippen LogP contribution < -0.4 is 25.8 Å². The lowest BCUT2D eigenvalue weighted by molar-refractivity contribution is -0.134. The molecule has 7 rings (SSSR count). The Labute approximate surface area is 268 Å². The van der Waals surface area contributed by atoms with E-state index < -0.39 is 11.7 Å². The van der Waals surface area contributed by atoms with E-state index >= 15 is 0 Å². The first-order valence-electron chi connectivity index (χ1n) is 14.9. The standard InChI is InChI=1S/C32H31ClFN9O3/c1-16-15-43(32-35-14-22(33)30(39-32)37-19-10-17-11-27(45)41(2)29(17)23(34)12-19)9-8-24(16)36-18-4-5-20-25(13-18)42(3)40-28(20)21-6-7-26(44)38-31(21)46/h4-5,10,12-14,21,24,36H,1,6-9,11,15H2,2-3H3,(H,35,37,39)(H,38,44,46)/t21-,24+/m0/s1. The van der Waals surface area contributed by atoms with Crippen molar-refractivity contribution in [2.24, 2.45) is 7.05 Å². The van der Waals surface area contributed by atoms with Gasteiger partial charge in [-0.1, -0.05) is 18.2 Å². The van der Waals surface area contributed by atoms with Crippen LogP contribution in [0.1, 0.15) is 36.4 Å². The summed E-state index contributed by atoms with van der Waals surface area (Å²) in [6.45, 7) is 5.48.